The van der Waals surface area contributed by atoms with Crippen LogP contribution in [0.5, 0.6) is 0 Å². The first kappa shape index (κ1) is 15.4. The molecule has 2 rings (SSSR count). The molecule has 1 aromatic carbocycles. The minimum absolute atomic E-state index is 0.558. The van der Waals surface area contributed by atoms with Crippen molar-refractivity contribution >= 4 is 22.4 Å². The molecule has 20 heavy (non-hydrogen) atoms. The summed E-state index contributed by atoms with van der Waals surface area (Å²) in [6.45, 7) is 3.28. The van der Waals surface area contributed by atoms with Crippen LogP contribution in [0.25, 0.3) is 11.0 Å². The summed E-state index contributed by atoms with van der Waals surface area (Å²) in [7, 11) is -3.34. The van der Waals surface area contributed by atoms with Gasteiger partial charge in [-0.05, 0) is 0 Å². The normalized spacial score (nSPS) is 16.1. The molecule has 0 saturated carbocycles. The number of hydrogen-bond donors (Lipinski definition) is 2. The van der Waals surface area contributed by atoms with Crippen molar-refractivity contribution in [2.75, 3.05) is 6.66 Å². The van der Waals surface area contributed by atoms with Gasteiger partial charge >= 0.3 is 129 Å². The first-order valence-corrected chi connectivity index (χ1v) is 9.77. The first-order chi connectivity index (χ1) is 9.45. The van der Waals surface area contributed by atoms with Gasteiger partial charge < -0.3 is 0 Å². The monoisotopic (exact) mass is 461 g/mol. The summed E-state index contributed by atoms with van der Waals surface area (Å²) >= 11 is 1.13. The van der Waals surface area contributed by atoms with Crippen LogP contribution >= 0.6 is 7.37 Å². The number of para-hydroxylation sites is 1. The van der Waals surface area contributed by atoms with Gasteiger partial charge in [0.15, 0.2) is 0 Å². The second-order valence-electron chi connectivity index (χ2n) is 4.54. The van der Waals surface area contributed by atoms with Gasteiger partial charge in [-0.25, -0.2) is 0 Å². The van der Waals surface area contributed by atoms with E-state index in [1.807, 2.05) is 37.3 Å². The molecule has 0 aliphatic rings. The topological polar surface area (TPSA) is 62.5 Å². The van der Waals surface area contributed by atoms with E-state index in [1.54, 1.807) is 12.5 Å². The van der Waals surface area contributed by atoms with Crippen LogP contribution in [0.4, 0.5) is 0 Å². The quantitative estimate of drug-likeness (QED) is 0.673. The molecule has 0 fully saturated rings. The van der Waals surface area contributed by atoms with E-state index < -0.39 is 13.0 Å². The SMILES string of the molecule is C/C=C/N[C](=[W])C(c1coc2ccccc12)P(C)(=O)O. The summed E-state index contributed by atoms with van der Waals surface area (Å²) in [6, 6.07) is 7.55. The number of furan rings is 1. The summed E-state index contributed by atoms with van der Waals surface area (Å²) in [5.74, 6) is 0. The Morgan fingerprint density at radius 3 is 2.85 bits per heavy atom. The number of allylic oxidation sites excluding steroid dienone is 1. The average molecular weight is 461 g/mol. The maximum absolute atomic E-state index is 12.3. The van der Waals surface area contributed by atoms with E-state index in [-0.39, 0.29) is 0 Å². The van der Waals surface area contributed by atoms with Crippen LogP contribution in [0.2, 0.25) is 0 Å². The van der Waals surface area contributed by atoms with Gasteiger partial charge in [-0.3, -0.25) is 0 Å². The molecular formula is C14H16NO3PW. The summed E-state index contributed by atoms with van der Waals surface area (Å²) in [5, 5.41) is 3.98. The van der Waals surface area contributed by atoms with Crippen LogP contribution < -0.4 is 5.32 Å². The standard InChI is InChI=1S/C14H16NO3P.W/c1-3-8-15-9-14(19(2,16)17)12-10-18-13-7-5-4-6-11(12)13;/h3-8,10,14-15H,1-2H3,(H,16,17);/b8-3+;. The van der Waals surface area contributed by atoms with Crippen molar-refractivity contribution in [3.8, 4) is 0 Å². The van der Waals surface area contributed by atoms with Crippen LogP contribution in [-0.4, -0.2) is 15.6 Å². The van der Waals surface area contributed by atoms with E-state index in [0.717, 1.165) is 39.9 Å². The van der Waals surface area contributed by atoms with Gasteiger partial charge in [0.25, 0.3) is 0 Å². The molecule has 106 valence electrons. The van der Waals surface area contributed by atoms with Crippen LogP contribution in [0.15, 0.2) is 47.2 Å². The molecule has 0 aliphatic heterocycles. The molecule has 2 atom stereocenters. The summed E-state index contributed by atoms with van der Waals surface area (Å²) in [4.78, 5) is 10.1. The van der Waals surface area contributed by atoms with Crippen LogP contribution in [0.1, 0.15) is 18.1 Å². The molecule has 2 unspecified atom stereocenters. The fourth-order valence-corrected chi connectivity index (χ4v) is 6.11. The van der Waals surface area contributed by atoms with Crippen molar-refractivity contribution in [2.24, 2.45) is 0 Å². The van der Waals surface area contributed by atoms with Crippen LogP contribution in [0.3, 0.4) is 0 Å². The van der Waals surface area contributed by atoms with E-state index in [4.69, 9.17) is 4.42 Å². The van der Waals surface area contributed by atoms with Gasteiger partial charge in [0.1, 0.15) is 0 Å². The van der Waals surface area contributed by atoms with Crippen molar-refractivity contribution < 1.29 is 33.2 Å². The summed E-state index contributed by atoms with van der Waals surface area (Å²) in [5.41, 5.74) is 0.933. The van der Waals surface area contributed by atoms with Gasteiger partial charge in [0.2, 0.25) is 0 Å². The molecule has 1 heterocycles. The van der Waals surface area contributed by atoms with E-state index in [2.05, 4.69) is 5.32 Å². The molecule has 0 spiro atoms. The van der Waals surface area contributed by atoms with Gasteiger partial charge in [-0.2, -0.15) is 0 Å². The molecule has 6 heteroatoms. The van der Waals surface area contributed by atoms with Gasteiger partial charge in [-0.1, -0.05) is 0 Å². The molecule has 0 radical (unpaired) electrons. The summed E-state index contributed by atoms with van der Waals surface area (Å²) in [6.07, 6.45) is 5.21. The van der Waals surface area contributed by atoms with Crippen LogP contribution in [0, 0.1) is 0 Å². The van der Waals surface area contributed by atoms with E-state index in [0.29, 0.717) is 0 Å². The van der Waals surface area contributed by atoms with Gasteiger partial charge in [0.05, 0.1) is 0 Å². The molecule has 0 amide bonds. The van der Waals surface area contributed by atoms with Crippen molar-refractivity contribution in [3.05, 3.63) is 48.4 Å². The number of fused-ring (bicyclic) bond motifs is 1. The Kier molecular flexibility index (Phi) is 4.80. The summed E-state index contributed by atoms with van der Waals surface area (Å²) < 4.78 is 18.6. The van der Waals surface area contributed by atoms with Gasteiger partial charge in [0, 0.05) is 0 Å². The van der Waals surface area contributed by atoms with Crippen molar-refractivity contribution in [1.29, 1.82) is 0 Å². The number of nitrogens with one attached hydrogen (secondary N) is 1. The number of rotatable bonds is 5. The van der Waals surface area contributed by atoms with E-state index in [9.17, 15) is 9.46 Å². The van der Waals surface area contributed by atoms with E-state index in [1.165, 1.54) is 6.66 Å². The molecular weight excluding hydrogens is 445 g/mol. The van der Waals surface area contributed by atoms with Crippen LogP contribution in [-0.2, 0) is 23.9 Å². The Morgan fingerprint density at radius 1 is 1.50 bits per heavy atom. The molecule has 0 aliphatic carbocycles. The zero-order valence-electron chi connectivity index (χ0n) is 11.2. The Balaban J connectivity index is 2.52. The third kappa shape index (κ3) is 3.20. The molecule has 0 bridgehead atoms. The molecule has 4 nitrogen and oxygen atoms in total. The second-order valence-corrected chi connectivity index (χ2v) is 8.52. The van der Waals surface area contributed by atoms with Crippen molar-refractivity contribution in [3.63, 3.8) is 0 Å². The van der Waals surface area contributed by atoms with Crippen molar-refractivity contribution in [1.82, 2.24) is 5.32 Å². The molecule has 2 N–H and O–H groups in total. The third-order valence-electron chi connectivity index (χ3n) is 2.93. The predicted molar refractivity (Wildman–Crippen MR) is 77.7 cm³/mol. The predicted octanol–water partition coefficient (Wildman–Crippen LogP) is 3.17. The molecule has 0 saturated heterocycles. The number of benzene rings is 1. The Hall–Kier alpha value is -0.952. The third-order valence-corrected chi connectivity index (χ3v) is 6.38. The molecule has 1 aromatic heterocycles. The van der Waals surface area contributed by atoms with Crippen molar-refractivity contribution in [2.45, 2.75) is 12.6 Å². The Labute approximate surface area is 128 Å². The Morgan fingerprint density at radius 2 is 2.20 bits per heavy atom. The Bertz CT molecular complexity index is 701. The van der Waals surface area contributed by atoms with E-state index >= 15 is 0 Å². The fraction of sp³-hybridized carbons (Fsp3) is 0.214. The second kappa shape index (κ2) is 6.22. The zero-order chi connectivity index (χ0) is 14.8. The van der Waals surface area contributed by atoms with Gasteiger partial charge in [-0.15, -0.1) is 0 Å². The molecule has 2 aromatic rings. The maximum atomic E-state index is 12.3. The first-order valence-electron chi connectivity index (χ1n) is 6.12. The minimum atomic E-state index is -3.34. The number of hydrogen-bond acceptors (Lipinski definition) is 3. The zero-order valence-corrected chi connectivity index (χ0v) is 15.1. The fourth-order valence-electron chi connectivity index (χ4n) is 2.07. The average Bonchev–Trinajstić information content (AvgIpc) is 2.79.